The van der Waals surface area contributed by atoms with Crippen LogP contribution >= 0.6 is 23.2 Å². The standard InChI is InChI=1S/C42H43Cl2F2N3O7/c43-33-22-49(52)23-34(44)32(33)20-36(31-12-13-35(56-42(45)46)37(19-31)53-25-28-10-11-28)54-39(50)18-26-6-8-27(9-7-26)21-47-40(30-4-2-1-3-5-30)41(51)55-38-24-48-16-14-29(38)15-17-48/h1-9,12-13,19,22-23,28-29,36,38,40,42,47H,10-11,14-18,20-21,24-25H2/t36-,38-,40?/m0/s1. The predicted octanol–water partition coefficient (Wildman–Crippen LogP) is 7.56. The van der Waals surface area contributed by atoms with Crippen LogP contribution in [0.25, 0.3) is 0 Å². The minimum absolute atomic E-state index is 0.0172. The monoisotopic (exact) mass is 809 g/mol. The maximum absolute atomic E-state index is 13.6. The quantitative estimate of drug-likeness (QED) is 0.0657. The molecular weight excluding hydrogens is 767 g/mol. The Balaban J connectivity index is 1.03. The van der Waals surface area contributed by atoms with E-state index in [1.807, 2.05) is 54.6 Å². The molecule has 0 spiro atoms. The molecule has 1 aromatic heterocycles. The van der Waals surface area contributed by atoms with Crippen LogP contribution in [0.2, 0.25) is 10.0 Å². The number of esters is 2. The maximum Gasteiger partial charge on any atom is 0.387 e. The van der Waals surface area contributed by atoms with Crippen molar-refractivity contribution in [3.8, 4) is 11.5 Å². The number of fused-ring (bicyclic) bond motifs is 3. The van der Waals surface area contributed by atoms with Crippen molar-refractivity contribution in [1.29, 1.82) is 0 Å². The lowest BCUT2D eigenvalue weighted by atomic mass is 9.86. The summed E-state index contributed by atoms with van der Waals surface area (Å²) in [7, 11) is 0. The van der Waals surface area contributed by atoms with Gasteiger partial charge in [-0.2, -0.15) is 13.5 Å². The largest absolute Gasteiger partial charge is 0.619 e. The zero-order valence-corrected chi connectivity index (χ0v) is 32.1. The fraction of sp³-hybridized carbons (Fsp3) is 0.405. The number of carbonyl (C=O) groups excluding carboxylic acids is 2. The molecule has 14 heteroatoms. The number of benzene rings is 3. The molecule has 3 atom stereocenters. The number of aromatic nitrogens is 1. The van der Waals surface area contributed by atoms with Crippen LogP contribution in [0, 0.1) is 17.0 Å². The van der Waals surface area contributed by atoms with Crippen molar-refractivity contribution in [3.05, 3.63) is 128 Å². The Hall–Kier alpha value is -4.49. The van der Waals surface area contributed by atoms with Crippen LogP contribution in [0.4, 0.5) is 8.78 Å². The molecule has 4 heterocycles. The van der Waals surface area contributed by atoms with Gasteiger partial charge in [0.2, 0.25) is 0 Å². The van der Waals surface area contributed by atoms with E-state index in [0.29, 0.717) is 46.4 Å². The number of nitrogens with zero attached hydrogens (tertiary/aromatic N) is 2. The van der Waals surface area contributed by atoms with Crippen LogP contribution in [-0.2, 0) is 38.4 Å². The van der Waals surface area contributed by atoms with Crippen molar-refractivity contribution in [2.24, 2.45) is 11.8 Å². The van der Waals surface area contributed by atoms with Crippen molar-refractivity contribution < 1.29 is 42.0 Å². The van der Waals surface area contributed by atoms with Crippen molar-refractivity contribution in [3.63, 3.8) is 0 Å². The highest BCUT2D eigenvalue weighted by Crippen LogP contribution is 2.38. The molecule has 4 aromatic rings. The van der Waals surface area contributed by atoms with Crippen molar-refractivity contribution in [2.75, 3.05) is 26.2 Å². The normalized spacial score (nSPS) is 20.0. The second-order valence-corrected chi connectivity index (χ2v) is 15.5. The summed E-state index contributed by atoms with van der Waals surface area (Å²) in [5, 5.41) is 15.5. The molecule has 10 nitrogen and oxygen atoms in total. The van der Waals surface area contributed by atoms with Gasteiger partial charge in [0, 0.05) is 25.1 Å². The van der Waals surface area contributed by atoms with E-state index in [4.69, 9.17) is 42.1 Å². The summed E-state index contributed by atoms with van der Waals surface area (Å²) in [5.41, 5.74) is 3.18. The number of hydrogen-bond donors (Lipinski definition) is 1. The molecule has 1 N–H and O–H groups in total. The number of carbonyl (C=O) groups is 2. The Bertz CT molecular complexity index is 1960. The third-order valence-electron chi connectivity index (χ3n) is 10.6. The lowest BCUT2D eigenvalue weighted by molar-refractivity contribution is -0.605. The van der Waals surface area contributed by atoms with Crippen molar-refractivity contribution in [1.82, 2.24) is 10.2 Å². The molecule has 1 unspecified atom stereocenters. The Labute approximate surface area is 334 Å². The Morgan fingerprint density at radius 2 is 1.59 bits per heavy atom. The second kappa shape index (κ2) is 18.2. The summed E-state index contributed by atoms with van der Waals surface area (Å²) < 4.78 is 49.6. The number of pyridine rings is 1. The first-order valence-electron chi connectivity index (χ1n) is 18.8. The van der Waals surface area contributed by atoms with Crippen molar-refractivity contribution >= 4 is 35.1 Å². The first kappa shape index (κ1) is 39.7. The van der Waals surface area contributed by atoms with Crippen LogP contribution in [-0.4, -0.2) is 55.8 Å². The van der Waals surface area contributed by atoms with E-state index in [2.05, 4.69) is 10.2 Å². The number of piperidine rings is 3. The lowest BCUT2D eigenvalue weighted by Gasteiger charge is -2.44. The van der Waals surface area contributed by atoms with Gasteiger partial charge in [-0.15, -0.1) is 0 Å². The highest BCUT2D eigenvalue weighted by molar-refractivity contribution is 6.35. The molecule has 0 amide bonds. The van der Waals surface area contributed by atoms with Crippen LogP contribution < -0.4 is 19.5 Å². The smallest absolute Gasteiger partial charge is 0.387 e. The van der Waals surface area contributed by atoms with Crippen LogP contribution in [0.1, 0.15) is 65.6 Å². The van der Waals surface area contributed by atoms with Gasteiger partial charge in [-0.25, -0.2) is 4.79 Å². The van der Waals surface area contributed by atoms with E-state index >= 15 is 0 Å². The number of nitrogens with one attached hydrogen (secondary N) is 1. The predicted molar refractivity (Wildman–Crippen MR) is 204 cm³/mol. The number of ether oxygens (including phenoxy) is 4. The van der Waals surface area contributed by atoms with Gasteiger partial charge in [0.05, 0.1) is 13.0 Å². The summed E-state index contributed by atoms with van der Waals surface area (Å²) in [6, 6.07) is 20.6. The number of alkyl halides is 2. The average Bonchev–Trinajstić information content (AvgIpc) is 4.02. The van der Waals surface area contributed by atoms with Gasteiger partial charge in [0.1, 0.15) is 28.3 Å². The van der Waals surface area contributed by atoms with Gasteiger partial charge in [-0.05, 0) is 85.0 Å². The molecule has 8 rings (SSSR count). The zero-order chi connectivity index (χ0) is 39.2. The summed E-state index contributed by atoms with van der Waals surface area (Å²) in [4.78, 5) is 29.4. The molecule has 56 heavy (non-hydrogen) atoms. The van der Waals surface area contributed by atoms with E-state index in [1.165, 1.54) is 18.2 Å². The summed E-state index contributed by atoms with van der Waals surface area (Å²) in [6.45, 7) is 0.522. The van der Waals surface area contributed by atoms with Crippen LogP contribution in [0.3, 0.4) is 0 Å². The summed E-state index contributed by atoms with van der Waals surface area (Å²) >= 11 is 12.8. The minimum atomic E-state index is -3.07. The van der Waals surface area contributed by atoms with Crippen LogP contribution in [0.5, 0.6) is 11.5 Å². The molecule has 1 saturated carbocycles. The second-order valence-electron chi connectivity index (χ2n) is 14.6. The molecule has 296 valence electrons. The highest BCUT2D eigenvalue weighted by Gasteiger charge is 2.38. The molecule has 4 aliphatic rings. The van der Waals surface area contributed by atoms with Crippen LogP contribution in [0.15, 0.2) is 85.2 Å². The van der Waals surface area contributed by atoms with Gasteiger partial charge < -0.3 is 24.2 Å². The molecule has 3 aliphatic heterocycles. The summed E-state index contributed by atoms with van der Waals surface area (Å²) in [5.74, 6) is -0.205. The summed E-state index contributed by atoms with van der Waals surface area (Å²) in [6.07, 6.45) is 5.15. The molecular formula is C42H43Cl2F2N3O7. The van der Waals surface area contributed by atoms with Gasteiger partial charge in [0.25, 0.3) is 0 Å². The number of halogens is 4. The number of hydrogen-bond acceptors (Lipinski definition) is 9. The van der Waals surface area contributed by atoms with E-state index in [0.717, 1.165) is 68.8 Å². The minimum Gasteiger partial charge on any atom is -0.619 e. The highest BCUT2D eigenvalue weighted by atomic mass is 35.5. The molecule has 0 radical (unpaired) electrons. The Kier molecular flexibility index (Phi) is 12.9. The lowest BCUT2D eigenvalue weighted by Crippen LogP contribution is -2.52. The topological polar surface area (TPSA) is 113 Å². The zero-order valence-electron chi connectivity index (χ0n) is 30.6. The molecule has 4 fully saturated rings. The van der Waals surface area contributed by atoms with E-state index < -0.39 is 24.7 Å². The molecule has 3 aromatic carbocycles. The fourth-order valence-corrected chi connectivity index (χ4v) is 7.87. The first-order valence-corrected chi connectivity index (χ1v) is 19.6. The van der Waals surface area contributed by atoms with Gasteiger partial charge in [-0.1, -0.05) is 83.9 Å². The van der Waals surface area contributed by atoms with Crippen molar-refractivity contribution in [2.45, 2.75) is 69.9 Å². The maximum atomic E-state index is 13.6. The van der Waals surface area contributed by atoms with Gasteiger partial charge in [-0.3, -0.25) is 15.0 Å². The molecule has 1 aliphatic carbocycles. The Morgan fingerprint density at radius 3 is 2.23 bits per heavy atom. The third kappa shape index (κ3) is 10.5. The first-order chi connectivity index (χ1) is 27.1. The van der Waals surface area contributed by atoms with Gasteiger partial charge in [0.15, 0.2) is 23.9 Å². The van der Waals surface area contributed by atoms with E-state index in [1.54, 1.807) is 0 Å². The Morgan fingerprint density at radius 1 is 0.893 bits per heavy atom. The van der Waals surface area contributed by atoms with E-state index in [-0.39, 0.29) is 46.5 Å². The average molecular weight is 811 g/mol. The fourth-order valence-electron chi connectivity index (χ4n) is 7.27. The third-order valence-corrected chi connectivity index (χ3v) is 11.2. The molecule has 2 bridgehead atoms. The van der Waals surface area contributed by atoms with E-state index in [9.17, 15) is 23.6 Å². The SMILES string of the molecule is O=C(Cc1ccc(CNC(C(=O)O[C@H]2CN3CCC2CC3)c2ccccc2)cc1)O[C@@H](Cc1c(Cl)c[n+]([O-])cc1Cl)c1ccc(OC(F)F)c(OCC2CC2)c1. The number of rotatable bonds is 17. The van der Waals surface area contributed by atoms with Gasteiger partial charge >= 0.3 is 18.6 Å². The molecule has 3 saturated heterocycles.